The number of rotatable bonds is 3. The number of benzene rings is 2. The minimum atomic E-state index is -2.25. The molecule has 136 valence electrons. The summed E-state index contributed by atoms with van der Waals surface area (Å²) in [5.74, 6) is -10.3. The Kier molecular flexibility index (Phi) is 4.62. The first kappa shape index (κ1) is 18.2. The summed E-state index contributed by atoms with van der Waals surface area (Å²) in [5, 5.41) is 0.0190. The molecule has 2 aromatic carbocycles. The predicted octanol–water partition coefficient (Wildman–Crippen LogP) is 5.03. The van der Waals surface area contributed by atoms with Gasteiger partial charge in [-0.15, -0.1) is 0 Å². The Hall–Kier alpha value is -2.61. The molecular weight excluding hydrogens is 383 g/mol. The maximum absolute atomic E-state index is 13.7. The fourth-order valence-corrected chi connectivity index (χ4v) is 2.53. The number of aryl methyl sites for hydroxylation is 1. The molecule has 0 saturated carbocycles. The smallest absolute Gasteiger partial charge is 0.211 e. The predicted molar refractivity (Wildman–Crippen MR) is 82.8 cm³/mol. The number of hydrogen-bond donors (Lipinski definition) is 0. The van der Waals surface area contributed by atoms with Gasteiger partial charge in [0.05, 0.1) is 10.9 Å². The molecular formula is C17H8ClF5O3. The molecule has 0 aliphatic rings. The van der Waals surface area contributed by atoms with Gasteiger partial charge in [0.2, 0.25) is 11.2 Å². The van der Waals surface area contributed by atoms with Crippen LogP contribution in [-0.2, 0) is 6.61 Å². The molecule has 0 saturated heterocycles. The minimum absolute atomic E-state index is 0.0342. The van der Waals surface area contributed by atoms with E-state index in [1.54, 1.807) is 0 Å². The monoisotopic (exact) mass is 390 g/mol. The molecule has 0 unspecified atom stereocenters. The van der Waals surface area contributed by atoms with E-state index >= 15 is 0 Å². The van der Waals surface area contributed by atoms with E-state index in [0.29, 0.717) is 5.56 Å². The normalized spacial score (nSPS) is 11.2. The van der Waals surface area contributed by atoms with Crippen molar-refractivity contribution in [2.45, 2.75) is 13.5 Å². The lowest BCUT2D eigenvalue weighted by molar-refractivity contribution is 0.277. The van der Waals surface area contributed by atoms with Crippen LogP contribution >= 0.6 is 11.6 Å². The second-order valence-corrected chi connectivity index (χ2v) is 5.72. The molecule has 9 heteroatoms. The van der Waals surface area contributed by atoms with Gasteiger partial charge < -0.3 is 9.15 Å². The van der Waals surface area contributed by atoms with Crippen LogP contribution < -0.4 is 10.2 Å². The van der Waals surface area contributed by atoms with Gasteiger partial charge in [0.25, 0.3) is 0 Å². The molecule has 0 radical (unpaired) electrons. The molecule has 0 amide bonds. The van der Waals surface area contributed by atoms with Crippen molar-refractivity contribution >= 4 is 22.6 Å². The van der Waals surface area contributed by atoms with E-state index in [2.05, 4.69) is 0 Å². The van der Waals surface area contributed by atoms with Gasteiger partial charge in [0, 0.05) is 5.56 Å². The van der Waals surface area contributed by atoms with Gasteiger partial charge in [-0.1, -0.05) is 11.6 Å². The highest BCUT2D eigenvalue weighted by molar-refractivity contribution is 6.30. The van der Waals surface area contributed by atoms with E-state index in [0.717, 1.165) is 6.26 Å². The molecule has 0 spiro atoms. The average molecular weight is 391 g/mol. The fourth-order valence-electron chi connectivity index (χ4n) is 2.38. The highest BCUT2D eigenvalue weighted by Gasteiger charge is 2.26. The molecule has 3 rings (SSSR count). The molecule has 0 N–H and O–H groups in total. The summed E-state index contributed by atoms with van der Waals surface area (Å²) in [6.07, 6.45) is 1.02. The zero-order valence-electron chi connectivity index (χ0n) is 12.9. The van der Waals surface area contributed by atoms with Crippen molar-refractivity contribution in [1.29, 1.82) is 0 Å². The molecule has 0 aliphatic carbocycles. The molecule has 0 bridgehead atoms. The lowest BCUT2D eigenvalue weighted by Gasteiger charge is -2.12. The van der Waals surface area contributed by atoms with Crippen LogP contribution in [0.25, 0.3) is 11.0 Å². The molecule has 1 heterocycles. The second-order valence-electron chi connectivity index (χ2n) is 5.32. The van der Waals surface area contributed by atoms with Gasteiger partial charge in [-0.05, 0) is 19.1 Å². The summed E-state index contributed by atoms with van der Waals surface area (Å²) in [6, 6.07) is 2.62. The number of fused-ring (bicyclic) bond motifs is 1. The van der Waals surface area contributed by atoms with Gasteiger partial charge in [0.15, 0.2) is 23.3 Å². The van der Waals surface area contributed by atoms with Crippen molar-refractivity contribution in [3.63, 3.8) is 0 Å². The SMILES string of the molecule is Cc1c(OCc2c(F)c(F)c(F)c(F)c2F)ccc2c(=O)c(Cl)coc12. The summed E-state index contributed by atoms with van der Waals surface area (Å²) in [4.78, 5) is 11.9. The van der Waals surface area contributed by atoms with Gasteiger partial charge in [0.1, 0.15) is 29.2 Å². The summed E-state index contributed by atoms with van der Waals surface area (Å²) in [7, 11) is 0. The zero-order valence-corrected chi connectivity index (χ0v) is 13.7. The van der Waals surface area contributed by atoms with Gasteiger partial charge >= 0.3 is 0 Å². The number of hydrogen-bond acceptors (Lipinski definition) is 3. The fraction of sp³-hybridized carbons (Fsp3) is 0.118. The molecule has 0 fully saturated rings. The van der Waals surface area contributed by atoms with Crippen molar-refractivity contribution in [3.8, 4) is 5.75 Å². The topological polar surface area (TPSA) is 39.4 Å². The lowest BCUT2D eigenvalue weighted by Crippen LogP contribution is -2.10. The van der Waals surface area contributed by atoms with Crippen LogP contribution in [0.15, 0.2) is 27.6 Å². The molecule has 3 nitrogen and oxygen atoms in total. The summed E-state index contributed by atoms with van der Waals surface area (Å²) < 4.78 is 77.2. The molecule has 0 atom stereocenters. The molecule has 26 heavy (non-hydrogen) atoms. The number of halogens is 6. The zero-order chi connectivity index (χ0) is 19.2. The standard InChI is InChI=1S/C17H8ClF5O3/c1-6-10(3-2-7-16(24)9(18)5-26-17(6)7)25-4-8-11(19)13(21)15(23)14(22)12(8)20/h2-3,5H,4H2,1H3. The van der Waals surface area contributed by atoms with Crippen LogP contribution in [0.2, 0.25) is 5.02 Å². The van der Waals surface area contributed by atoms with Crippen molar-refractivity contribution in [2.24, 2.45) is 0 Å². The molecule has 3 aromatic rings. The minimum Gasteiger partial charge on any atom is -0.488 e. The Morgan fingerprint density at radius 1 is 1.00 bits per heavy atom. The quantitative estimate of drug-likeness (QED) is 0.358. The largest absolute Gasteiger partial charge is 0.488 e. The first-order chi connectivity index (χ1) is 12.2. The highest BCUT2D eigenvalue weighted by atomic mass is 35.5. The van der Waals surface area contributed by atoms with Crippen LogP contribution in [0, 0.1) is 36.0 Å². The summed E-state index contributed by atoms with van der Waals surface area (Å²) >= 11 is 5.68. The Morgan fingerprint density at radius 2 is 1.58 bits per heavy atom. The maximum atomic E-state index is 13.7. The van der Waals surface area contributed by atoms with E-state index in [-0.39, 0.29) is 21.7 Å². The third-order valence-corrected chi connectivity index (χ3v) is 4.03. The maximum Gasteiger partial charge on any atom is 0.211 e. The third kappa shape index (κ3) is 2.80. The first-order valence-corrected chi connectivity index (χ1v) is 7.45. The van der Waals surface area contributed by atoms with Gasteiger partial charge in [-0.25, -0.2) is 22.0 Å². The van der Waals surface area contributed by atoms with E-state index in [4.69, 9.17) is 20.8 Å². The number of ether oxygens (including phenoxy) is 1. The highest BCUT2D eigenvalue weighted by Crippen LogP contribution is 2.29. The summed E-state index contributed by atoms with van der Waals surface area (Å²) in [6.45, 7) is 0.572. The molecule has 0 aliphatic heterocycles. The Bertz CT molecular complexity index is 1070. The Morgan fingerprint density at radius 3 is 2.19 bits per heavy atom. The second kappa shape index (κ2) is 6.60. The lowest BCUT2D eigenvalue weighted by atomic mass is 10.1. The van der Waals surface area contributed by atoms with Gasteiger partial charge in [-0.3, -0.25) is 4.79 Å². The van der Waals surface area contributed by atoms with Crippen molar-refractivity contribution in [2.75, 3.05) is 0 Å². The third-order valence-electron chi connectivity index (χ3n) is 3.77. The van der Waals surface area contributed by atoms with Crippen LogP contribution in [0.5, 0.6) is 5.75 Å². The van der Waals surface area contributed by atoms with Gasteiger partial charge in [-0.2, -0.15) is 0 Å². The van der Waals surface area contributed by atoms with E-state index < -0.39 is 46.7 Å². The Labute approximate surface area is 147 Å². The van der Waals surface area contributed by atoms with Crippen molar-refractivity contribution < 1.29 is 31.1 Å². The average Bonchev–Trinajstić information content (AvgIpc) is 2.63. The Balaban J connectivity index is 2.01. The molecule has 1 aromatic heterocycles. The van der Waals surface area contributed by atoms with Crippen molar-refractivity contribution in [3.05, 3.63) is 73.9 Å². The summed E-state index contributed by atoms with van der Waals surface area (Å²) in [5.41, 5.74) is -1.18. The van der Waals surface area contributed by atoms with Crippen molar-refractivity contribution in [1.82, 2.24) is 0 Å². The van der Waals surface area contributed by atoms with Crippen LogP contribution in [0.1, 0.15) is 11.1 Å². The van der Waals surface area contributed by atoms with E-state index in [1.165, 1.54) is 19.1 Å². The van der Waals surface area contributed by atoms with E-state index in [1.807, 2.05) is 0 Å². The van der Waals surface area contributed by atoms with Crippen LogP contribution in [0.3, 0.4) is 0 Å². The van der Waals surface area contributed by atoms with Crippen LogP contribution in [-0.4, -0.2) is 0 Å². The van der Waals surface area contributed by atoms with E-state index in [9.17, 15) is 26.7 Å². The van der Waals surface area contributed by atoms with Crippen LogP contribution in [0.4, 0.5) is 22.0 Å². The first-order valence-electron chi connectivity index (χ1n) is 7.07.